The van der Waals surface area contributed by atoms with Gasteiger partial charge in [0.15, 0.2) is 6.10 Å². The average molecular weight is 368 g/mol. The minimum Gasteiger partial charge on any atom is -0.449 e. The summed E-state index contributed by atoms with van der Waals surface area (Å²) in [5.41, 5.74) is 0.402. The third kappa shape index (κ3) is 4.79. The second kappa shape index (κ2) is 8.11. The normalized spacial score (nSPS) is 15.2. The third-order valence-electron chi connectivity index (χ3n) is 3.54. The number of carbonyl (C=O) groups excluding carboxylic acids is 4. The van der Waals surface area contributed by atoms with Crippen molar-refractivity contribution >= 4 is 34.8 Å². The molecule has 0 bridgehead atoms. The van der Waals surface area contributed by atoms with E-state index in [9.17, 15) is 23.6 Å². The lowest BCUT2D eigenvalue weighted by molar-refractivity contribution is -0.130. The summed E-state index contributed by atoms with van der Waals surface area (Å²) >= 11 is 0.912. The Hall–Kier alpha value is -2.42. The van der Waals surface area contributed by atoms with Crippen molar-refractivity contribution in [1.82, 2.24) is 10.2 Å². The van der Waals surface area contributed by atoms with Gasteiger partial charge in [0.05, 0.1) is 11.3 Å². The summed E-state index contributed by atoms with van der Waals surface area (Å²) in [5, 5.41) is 2.14. The van der Waals surface area contributed by atoms with Crippen molar-refractivity contribution in [1.29, 1.82) is 0 Å². The van der Waals surface area contributed by atoms with Crippen molar-refractivity contribution < 1.29 is 28.3 Å². The Balaban J connectivity index is 1.81. The Bertz CT molecular complexity index is 708. The van der Waals surface area contributed by atoms with Crippen molar-refractivity contribution in [3.8, 4) is 0 Å². The standard InChI is InChI=1S/C16H17FN2O5S/c1-9-3-4-11(7-12(9)17)15(22)24-10(2)14(21)18-5-6-19-13(20)8-25-16(19)23/h3-4,7,10H,5-6,8H2,1-2H3,(H,18,21)/t10-/m1/s1. The van der Waals surface area contributed by atoms with Crippen molar-refractivity contribution in [2.75, 3.05) is 18.8 Å². The zero-order valence-electron chi connectivity index (χ0n) is 13.7. The summed E-state index contributed by atoms with van der Waals surface area (Å²) in [4.78, 5) is 47.7. The van der Waals surface area contributed by atoms with Crippen LogP contribution in [0.15, 0.2) is 18.2 Å². The average Bonchev–Trinajstić information content (AvgIpc) is 2.88. The van der Waals surface area contributed by atoms with Crippen LogP contribution in [-0.4, -0.2) is 52.9 Å². The Morgan fingerprint density at radius 3 is 2.72 bits per heavy atom. The number of nitrogens with one attached hydrogen (secondary N) is 1. The molecular formula is C16H17FN2O5S. The van der Waals surface area contributed by atoms with E-state index < -0.39 is 23.8 Å². The van der Waals surface area contributed by atoms with Crippen LogP contribution < -0.4 is 5.32 Å². The van der Waals surface area contributed by atoms with Crippen molar-refractivity contribution in [2.24, 2.45) is 0 Å². The maximum atomic E-state index is 13.5. The summed E-state index contributed by atoms with van der Waals surface area (Å²) in [7, 11) is 0. The number of thioether (sulfide) groups is 1. The monoisotopic (exact) mass is 368 g/mol. The number of aryl methyl sites for hydroxylation is 1. The van der Waals surface area contributed by atoms with Crippen LogP contribution in [0, 0.1) is 12.7 Å². The molecule has 2 rings (SSSR count). The minimum absolute atomic E-state index is 0.00744. The van der Waals surface area contributed by atoms with E-state index in [0.717, 1.165) is 22.7 Å². The van der Waals surface area contributed by atoms with Crippen LogP contribution in [0.25, 0.3) is 0 Å². The summed E-state index contributed by atoms with van der Waals surface area (Å²) in [5.74, 6) is -2.13. The number of benzene rings is 1. The fraction of sp³-hybridized carbons (Fsp3) is 0.375. The molecule has 1 atom stereocenters. The van der Waals surface area contributed by atoms with E-state index in [1.165, 1.54) is 19.1 Å². The fourth-order valence-corrected chi connectivity index (χ4v) is 2.79. The van der Waals surface area contributed by atoms with Crippen LogP contribution in [0.4, 0.5) is 9.18 Å². The number of nitrogens with zero attached hydrogens (tertiary/aromatic N) is 1. The molecule has 3 amide bonds. The Labute approximate surface area is 147 Å². The molecule has 25 heavy (non-hydrogen) atoms. The third-order valence-corrected chi connectivity index (χ3v) is 4.39. The van der Waals surface area contributed by atoms with Crippen molar-refractivity contribution in [3.05, 3.63) is 35.1 Å². The molecule has 1 saturated heterocycles. The number of hydrogen-bond acceptors (Lipinski definition) is 6. The maximum absolute atomic E-state index is 13.5. The number of amides is 3. The zero-order chi connectivity index (χ0) is 18.6. The van der Waals surface area contributed by atoms with Gasteiger partial charge in [-0.25, -0.2) is 9.18 Å². The first kappa shape index (κ1) is 18.9. The van der Waals surface area contributed by atoms with Crippen LogP contribution in [0.1, 0.15) is 22.8 Å². The van der Waals surface area contributed by atoms with Crippen molar-refractivity contribution in [3.63, 3.8) is 0 Å². The first-order valence-electron chi connectivity index (χ1n) is 7.51. The molecule has 1 aliphatic heterocycles. The number of esters is 1. The number of halogens is 1. The fourth-order valence-electron chi connectivity index (χ4n) is 2.03. The van der Waals surface area contributed by atoms with Gasteiger partial charge < -0.3 is 10.1 Å². The van der Waals surface area contributed by atoms with Crippen LogP contribution in [0.3, 0.4) is 0 Å². The topological polar surface area (TPSA) is 92.8 Å². The molecule has 0 aliphatic carbocycles. The van der Waals surface area contributed by atoms with Gasteiger partial charge in [0.2, 0.25) is 5.91 Å². The Morgan fingerprint density at radius 2 is 2.12 bits per heavy atom. The van der Waals surface area contributed by atoms with Gasteiger partial charge >= 0.3 is 5.97 Å². The second-order valence-corrected chi connectivity index (χ2v) is 6.33. The lowest BCUT2D eigenvalue weighted by Gasteiger charge is -2.16. The van der Waals surface area contributed by atoms with Gasteiger partial charge in [-0.15, -0.1) is 0 Å². The van der Waals surface area contributed by atoms with Gasteiger partial charge in [-0.05, 0) is 31.5 Å². The van der Waals surface area contributed by atoms with E-state index in [1.807, 2.05) is 0 Å². The van der Waals surface area contributed by atoms with Crippen LogP contribution in [0.5, 0.6) is 0 Å². The smallest absolute Gasteiger partial charge is 0.339 e. The number of carbonyl (C=O) groups is 4. The molecule has 134 valence electrons. The van der Waals surface area contributed by atoms with E-state index >= 15 is 0 Å². The number of rotatable bonds is 6. The summed E-state index contributed by atoms with van der Waals surface area (Å²) in [6.45, 7) is 3.05. The Morgan fingerprint density at radius 1 is 1.40 bits per heavy atom. The highest BCUT2D eigenvalue weighted by Gasteiger charge is 2.29. The molecule has 0 unspecified atom stereocenters. The molecule has 0 radical (unpaired) electrons. The van der Waals surface area contributed by atoms with Crippen molar-refractivity contribution in [2.45, 2.75) is 20.0 Å². The molecule has 7 nitrogen and oxygen atoms in total. The van der Waals surface area contributed by atoms with E-state index in [1.54, 1.807) is 6.92 Å². The Kier molecular flexibility index (Phi) is 6.13. The largest absolute Gasteiger partial charge is 0.449 e. The van der Waals surface area contributed by atoms with Gasteiger partial charge in [-0.3, -0.25) is 19.3 Å². The molecule has 1 aromatic carbocycles. The molecule has 1 heterocycles. The first-order chi connectivity index (χ1) is 11.8. The number of imide groups is 1. The zero-order valence-corrected chi connectivity index (χ0v) is 14.5. The predicted octanol–water partition coefficient (Wildman–Crippen LogP) is 1.49. The van der Waals surface area contributed by atoms with Crippen LogP contribution in [0.2, 0.25) is 0 Å². The molecular weight excluding hydrogens is 351 g/mol. The highest BCUT2D eigenvalue weighted by Crippen LogP contribution is 2.17. The highest BCUT2D eigenvalue weighted by molar-refractivity contribution is 8.14. The number of ether oxygens (including phenoxy) is 1. The molecule has 1 N–H and O–H groups in total. The molecule has 0 aromatic heterocycles. The first-order valence-corrected chi connectivity index (χ1v) is 8.50. The summed E-state index contributed by atoms with van der Waals surface area (Å²) < 4.78 is 18.5. The molecule has 1 aromatic rings. The quantitative estimate of drug-likeness (QED) is 0.765. The summed E-state index contributed by atoms with van der Waals surface area (Å²) in [6.07, 6.45) is -1.10. The molecule has 1 fully saturated rings. The molecule has 0 spiro atoms. The van der Waals surface area contributed by atoms with Gasteiger partial charge in [0.25, 0.3) is 11.1 Å². The van der Waals surface area contributed by atoms with E-state index in [2.05, 4.69) is 5.32 Å². The molecule has 1 aliphatic rings. The highest BCUT2D eigenvalue weighted by atomic mass is 32.2. The maximum Gasteiger partial charge on any atom is 0.339 e. The predicted molar refractivity (Wildman–Crippen MR) is 88.6 cm³/mol. The van der Waals surface area contributed by atoms with E-state index in [-0.39, 0.29) is 35.6 Å². The lowest BCUT2D eigenvalue weighted by atomic mass is 10.1. The number of hydrogen-bond donors (Lipinski definition) is 1. The minimum atomic E-state index is -1.10. The van der Waals surface area contributed by atoms with E-state index in [0.29, 0.717) is 5.56 Å². The molecule has 9 heteroatoms. The SMILES string of the molecule is Cc1ccc(C(=O)O[C@H](C)C(=O)NCCN2C(=O)CSC2=O)cc1F. The van der Waals surface area contributed by atoms with Crippen LogP contribution >= 0.6 is 11.8 Å². The van der Waals surface area contributed by atoms with Crippen LogP contribution in [-0.2, 0) is 14.3 Å². The van der Waals surface area contributed by atoms with Gasteiger partial charge in [0, 0.05) is 13.1 Å². The second-order valence-electron chi connectivity index (χ2n) is 5.40. The molecule has 0 saturated carbocycles. The van der Waals surface area contributed by atoms with Gasteiger partial charge in [0.1, 0.15) is 5.82 Å². The van der Waals surface area contributed by atoms with Gasteiger partial charge in [-0.1, -0.05) is 17.8 Å². The van der Waals surface area contributed by atoms with Gasteiger partial charge in [-0.2, -0.15) is 0 Å². The summed E-state index contributed by atoms with van der Waals surface area (Å²) in [6, 6.07) is 3.90. The van der Waals surface area contributed by atoms with E-state index in [4.69, 9.17) is 4.74 Å². The lowest BCUT2D eigenvalue weighted by Crippen LogP contribution is -2.41.